The molecule has 0 aliphatic rings. The van der Waals surface area contributed by atoms with E-state index in [1.54, 1.807) is 26.0 Å². The van der Waals surface area contributed by atoms with Crippen molar-refractivity contribution >= 4 is 5.91 Å². The number of hydrogen-bond acceptors (Lipinski definition) is 5. The first-order valence-corrected chi connectivity index (χ1v) is 7.86. The van der Waals surface area contributed by atoms with Crippen molar-refractivity contribution in [2.24, 2.45) is 0 Å². The van der Waals surface area contributed by atoms with Crippen LogP contribution >= 0.6 is 0 Å². The highest BCUT2D eigenvalue weighted by Crippen LogP contribution is 2.24. The van der Waals surface area contributed by atoms with E-state index in [2.05, 4.69) is 10.1 Å². The van der Waals surface area contributed by atoms with Crippen LogP contribution in [0.5, 0.6) is 5.75 Å². The summed E-state index contributed by atoms with van der Waals surface area (Å²) in [7, 11) is 3.35. The first kappa shape index (κ1) is 16.7. The Morgan fingerprint density at radius 2 is 1.92 bits per heavy atom. The topological polar surface area (TPSA) is 68.5 Å². The Kier molecular flexibility index (Phi) is 4.79. The largest absolute Gasteiger partial charge is 0.497 e. The number of benzene rings is 2. The molecule has 1 aromatic heterocycles. The summed E-state index contributed by atoms with van der Waals surface area (Å²) in [4.78, 5) is 18.2. The monoisotopic (exact) mass is 337 g/mol. The Morgan fingerprint density at radius 1 is 1.16 bits per heavy atom. The van der Waals surface area contributed by atoms with Gasteiger partial charge in [0.25, 0.3) is 5.91 Å². The van der Waals surface area contributed by atoms with E-state index in [1.165, 1.54) is 0 Å². The SMILES string of the molecule is COc1cccc(-c2ccc(C(=O)N(C)Cc3noc(C)n3)cc2)c1. The van der Waals surface area contributed by atoms with Crippen LogP contribution in [-0.2, 0) is 6.54 Å². The Labute approximate surface area is 146 Å². The first-order valence-electron chi connectivity index (χ1n) is 7.86. The van der Waals surface area contributed by atoms with Gasteiger partial charge in [0.2, 0.25) is 5.89 Å². The number of nitrogens with zero attached hydrogens (tertiary/aromatic N) is 3. The molecule has 0 saturated heterocycles. The molecule has 0 aliphatic heterocycles. The fourth-order valence-corrected chi connectivity index (χ4v) is 2.52. The lowest BCUT2D eigenvalue weighted by molar-refractivity contribution is 0.0780. The van der Waals surface area contributed by atoms with Crippen molar-refractivity contribution in [3.05, 3.63) is 65.8 Å². The van der Waals surface area contributed by atoms with E-state index < -0.39 is 0 Å². The van der Waals surface area contributed by atoms with Crippen molar-refractivity contribution in [3.8, 4) is 16.9 Å². The molecular weight excluding hydrogens is 318 g/mol. The van der Waals surface area contributed by atoms with Gasteiger partial charge in [-0.3, -0.25) is 4.79 Å². The van der Waals surface area contributed by atoms with E-state index in [9.17, 15) is 4.79 Å². The maximum absolute atomic E-state index is 12.5. The van der Waals surface area contributed by atoms with Gasteiger partial charge in [-0.2, -0.15) is 4.98 Å². The number of hydrogen-bond donors (Lipinski definition) is 0. The molecule has 25 heavy (non-hydrogen) atoms. The second-order valence-electron chi connectivity index (χ2n) is 5.70. The van der Waals surface area contributed by atoms with Gasteiger partial charge >= 0.3 is 0 Å². The van der Waals surface area contributed by atoms with E-state index in [1.807, 2.05) is 48.5 Å². The van der Waals surface area contributed by atoms with Crippen molar-refractivity contribution in [1.82, 2.24) is 15.0 Å². The average Bonchev–Trinajstić information content (AvgIpc) is 3.06. The molecular formula is C19H19N3O3. The van der Waals surface area contributed by atoms with Crippen LogP contribution in [0.25, 0.3) is 11.1 Å². The number of aromatic nitrogens is 2. The van der Waals surface area contributed by atoms with Crippen LogP contribution in [0.2, 0.25) is 0 Å². The molecule has 0 fully saturated rings. The minimum atomic E-state index is -0.0976. The van der Waals surface area contributed by atoms with Gasteiger partial charge in [0.15, 0.2) is 5.82 Å². The van der Waals surface area contributed by atoms with Gasteiger partial charge in [-0.25, -0.2) is 0 Å². The van der Waals surface area contributed by atoms with Crippen molar-refractivity contribution < 1.29 is 14.1 Å². The average molecular weight is 337 g/mol. The number of carbonyl (C=O) groups is 1. The zero-order chi connectivity index (χ0) is 17.8. The molecule has 6 nitrogen and oxygen atoms in total. The molecule has 0 spiro atoms. The summed E-state index contributed by atoms with van der Waals surface area (Å²) in [5.74, 6) is 1.67. The van der Waals surface area contributed by atoms with Gasteiger partial charge in [0, 0.05) is 19.5 Å². The lowest BCUT2D eigenvalue weighted by Gasteiger charge is -2.15. The lowest BCUT2D eigenvalue weighted by Crippen LogP contribution is -2.26. The maximum atomic E-state index is 12.5. The summed E-state index contributed by atoms with van der Waals surface area (Å²) in [5, 5.41) is 3.81. The van der Waals surface area contributed by atoms with E-state index in [4.69, 9.17) is 9.26 Å². The fourth-order valence-electron chi connectivity index (χ4n) is 2.52. The highest BCUT2D eigenvalue weighted by Gasteiger charge is 2.14. The summed E-state index contributed by atoms with van der Waals surface area (Å²) in [6.45, 7) is 2.02. The second kappa shape index (κ2) is 7.17. The number of methoxy groups -OCH3 is 1. The molecule has 0 N–H and O–H groups in total. The predicted molar refractivity (Wildman–Crippen MR) is 93.3 cm³/mol. The highest BCUT2D eigenvalue weighted by molar-refractivity contribution is 5.94. The van der Waals surface area contributed by atoms with E-state index in [0.29, 0.717) is 23.8 Å². The van der Waals surface area contributed by atoms with Crippen LogP contribution in [0.1, 0.15) is 22.1 Å². The van der Waals surface area contributed by atoms with Gasteiger partial charge < -0.3 is 14.2 Å². The third-order valence-corrected chi connectivity index (χ3v) is 3.83. The zero-order valence-electron chi connectivity index (χ0n) is 14.4. The van der Waals surface area contributed by atoms with Gasteiger partial charge in [0.05, 0.1) is 13.7 Å². The Hall–Kier alpha value is -3.15. The van der Waals surface area contributed by atoms with Crippen LogP contribution in [0, 0.1) is 6.92 Å². The number of rotatable bonds is 5. The lowest BCUT2D eigenvalue weighted by atomic mass is 10.0. The van der Waals surface area contributed by atoms with Crippen molar-refractivity contribution in [2.45, 2.75) is 13.5 Å². The molecule has 1 amide bonds. The van der Waals surface area contributed by atoms with Gasteiger partial charge in [-0.05, 0) is 35.4 Å². The quantitative estimate of drug-likeness (QED) is 0.714. The normalized spacial score (nSPS) is 10.5. The third-order valence-electron chi connectivity index (χ3n) is 3.83. The molecule has 0 radical (unpaired) electrons. The second-order valence-corrected chi connectivity index (χ2v) is 5.70. The molecule has 3 aromatic rings. The third kappa shape index (κ3) is 3.85. The summed E-state index contributed by atoms with van der Waals surface area (Å²) in [6.07, 6.45) is 0. The summed E-state index contributed by atoms with van der Waals surface area (Å²) in [6, 6.07) is 15.3. The molecule has 1 heterocycles. The smallest absolute Gasteiger partial charge is 0.254 e. The van der Waals surface area contributed by atoms with Crippen molar-refractivity contribution in [2.75, 3.05) is 14.2 Å². The van der Waals surface area contributed by atoms with Gasteiger partial charge in [-0.15, -0.1) is 0 Å². The zero-order valence-corrected chi connectivity index (χ0v) is 14.4. The summed E-state index contributed by atoms with van der Waals surface area (Å²) in [5.41, 5.74) is 2.66. The summed E-state index contributed by atoms with van der Waals surface area (Å²) >= 11 is 0. The fraction of sp³-hybridized carbons (Fsp3) is 0.211. The predicted octanol–water partition coefficient (Wildman–Crippen LogP) is 3.33. The molecule has 128 valence electrons. The first-order chi connectivity index (χ1) is 12.1. The van der Waals surface area contributed by atoms with Gasteiger partial charge in [0.1, 0.15) is 5.75 Å². The van der Waals surface area contributed by atoms with Crippen molar-refractivity contribution in [3.63, 3.8) is 0 Å². The molecule has 2 aromatic carbocycles. The van der Waals surface area contributed by atoms with Crippen LogP contribution in [0.15, 0.2) is 53.1 Å². The van der Waals surface area contributed by atoms with E-state index >= 15 is 0 Å². The summed E-state index contributed by atoms with van der Waals surface area (Å²) < 4.78 is 10.2. The number of amides is 1. The molecule has 0 unspecified atom stereocenters. The molecule has 0 saturated carbocycles. The standard InChI is InChI=1S/C19H19N3O3/c1-13-20-18(21-25-13)12-22(2)19(23)15-9-7-14(8-10-15)16-5-4-6-17(11-16)24-3/h4-11H,12H2,1-3H3. The molecule has 0 aliphatic carbocycles. The minimum absolute atomic E-state index is 0.0976. The Balaban J connectivity index is 1.73. The number of carbonyl (C=O) groups excluding carboxylic acids is 1. The number of aryl methyl sites for hydroxylation is 1. The van der Waals surface area contributed by atoms with Crippen LogP contribution < -0.4 is 4.74 Å². The van der Waals surface area contributed by atoms with Crippen LogP contribution in [0.3, 0.4) is 0 Å². The molecule has 0 atom stereocenters. The Bertz CT molecular complexity index is 872. The van der Waals surface area contributed by atoms with Crippen LogP contribution in [-0.4, -0.2) is 35.1 Å². The molecule has 0 bridgehead atoms. The Morgan fingerprint density at radius 3 is 2.56 bits per heavy atom. The van der Waals surface area contributed by atoms with E-state index in [0.717, 1.165) is 16.9 Å². The number of ether oxygens (including phenoxy) is 1. The molecule has 6 heteroatoms. The maximum Gasteiger partial charge on any atom is 0.254 e. The minimum Gasteiger partial charge on any atom is -0.497 e. The van der Waals surface area contributed by atoms with Crippen molar-refractivity contribution in [1.29, 1.82) is 0 Å². The molecule has 3 rings (SSSR count). The van der Waals surface area contributed by atoms with Gasteiger partial charge in [-0.1, -0.05) is 29.4 Å². The highest BCUT2D eigenvalue weighted by atomic mass is 16.5. The van der Waals surface area contributed by atoms with E-state index in [-0.39, 0.29) is 5.91 Å². The van der Waals surface area contributed by atoms with Crippen LogP contribution in [0.4, 0.5) is 0 Å².